The topological polar surface area (TPSA) is 46.2 Å². The summed E-state index contributed by atoms with van der Waals surface area (Å²) in [6.45, 7) is 24.4. The Morgan fingerprint density at radius 3 is 1.60 bits per heavy atom. The number of hydrogen-bond acceptors (Lipinski definition) is 5. The van der Waals surface area contributed by atoms with Gasteiger partial charge in [-0.15, -0.1) is 0 Å². The lowest BCUT2D eigenvalue weighted by atomic mass is 9.78. The van der Waals surface area contributed by atoms with E-state index in [0.717, 1.165) is 11.5 Å². The highest BCUT2D eigenvalue weighted by Crippen LogP contribution is 2.37. The maximum Gasteiger partial charge on any atom is 0.123 e. The fourth-order valence-corrected chi connectivity index (χ4v) is 4.96. The second kappa shape index (κ2) is 17.0. The Bertz CT molecular complexity index is 969. The predicted molar refractivity (Wildman–Crippen MR) is 166 cm³/mol. The van der Waals surface area contributed by atoms with Gasteiger partial charge in [0.1, 0.15) is 24.7 Å². The van der Waals surface area contributed by atoms with Crippen molar-refractivity contribution in [3.8, 4) is 11.5 Å². The summed E-state index contributed by atoms with van der Waals surface area (Å²) in [5.74, 6) is 2.49. The van der Waals surface area contributed by atoms with Gasteiger partial charge in [-0.25, -0.2) is 0 Å². The van der Waals surface area contributed by atoms with E-state index in [1.807, 2.05) is 0 Å². The summed E-state index contributed by atoms with van der Waals surface area (Å²) < 4.78 is 28.9. The molecule has 2 aromatic carbocycles. The quantitative estimate of drug-likeness (QED) is 0.173. The molecule has 2 rings (SSSR count). The van der Waals surface area contributed by atoms with Crippen molar-refractivity contribution in [3.05, 3.63) is 58.7 Å². The van der Waals surface area contributed by atoms with Gasteiger partial charge in [0.2, 0.25) is 0 Å². The first-order chi connectivity index (χ1) is 19.0. The van der Waals surface area contributed by atoms with Gasteiger partial charge < -0.3 is 23.7 Å². The molecule has 226 valence electrons. The molecule has 0 N–H and O–H groups in total. The van der Waals surface area contributed by atoms with Gasteiger partial charge in [-0.2, -0.15) is 0 Å². The third kappa shape index (κ3) is 11.8. The molecular weight excluding hydrogens is 500 g/mol. The molecule has 0 bridgehead atoms. The van der Waals surface area contributed by atoms with E-state index in [9.17, 15) is 0 Å². The lowest BCUT2D eigenvalue weighted by Gasteiger charge is -2.29. The first-order valence-corrected chi connectivity index (χ1v) is 15.2. The van der Waals surface area contributed by atoms with Crippen molar-refractivity contribution in [1.29, 1.82) is 0 Å². The zero-order chi connectivity index (χ0) is 29.6. The van der Waals surface area contributed by atoms with Gasteiger partial charge in [0.15, 0.2) is 0 Å². The monoisotopic (exact) mass is 556 g/mol. The third-order valence-corrected chi connectivity index (χ3v) is 7.15. The van der Waals surface area contributed by atoms with Crippen molar-refractivity contribution in [3.63, 3.8) is 0 Å². The van der Waals surface area contributed by atoms with Crippen LogP contribution in [0.4, 0.5) is 0 Å². The zero-order valence-electron chi connectivity index (χ0n) is 26.9. The highest BCUT2D eigenvalue weighted by atomic mass is 16.6. The molecule has 0 aliphatic heterocycles. The largest absolute Gasteiger partial charge is 0.491 e. The van der Waals surface area contributed by atoms with Crippen molar-refractivity contribution >= 4 is 0 Å². The average molecular weight is 557 g/mol. The van der Waals surface area contributed by atoms with Gasteiger partial charge >= 0.3 is 0 Å². The molecule has 40 heavy (non-hydrogen) atoms. The molecule has 0 fully saturated rings. The molecule has 0 aliphatic rings. The minimum Gasteiger partial charge on any atom is -0.491 e. The molecule has 0 heterocycles. The van der Waals surface area contributed by atoms with E-state index >= 15 is 0 Å². The van der Waals surface area contributed by atoms with Gasteiger partial charge in [-0.1, -0.05) is 80.0 Å². The molecular formula is C35H56O5. The molecule has 0 saturated heterocycles. The lowest BCUT2D eigenvalue weighted by molar-refractivity contribution is 0.00491. The van der Waals surface area contributed by atoms with E-state index in [1.54, 1.807) is 0 Å². The maximum atomic E-state index is 6.16. The number of aryl methyl sites for hydroxylation is 1. The van der Waals surface area contributed by atoms with Crippen LogP contribution in [-0.2, 0) is 25.0 Å². The number of benzene rings is 2. The van der Waals surface area contributed by atoms with Gasteiger partial charge in [0.25, 0.3) is 0 Å². The highest BCUT2D eigenvalue weighted by Gasteiger charge is 2.25. The Hall–Kier alpha value is -2.08. The summed E-state index contributed by atoms with van der Waals surface area (Å²) in [4.78, 5) is 0. The van der Waals surface area contributed by atoms with Crippen LogP contribution in [-0.4, -0.2) is 52.9 Å². The van der Waals surface area contributed by atoms with Gasteiger partial charge in [-0.05, 0) is 77.0 Å². The Morgan fingerprint density at radius 2 is 1.12 bits per heavy atom. The molecule has 0 spiro atoms. The summed E-state index contributed by atoms with van der Waals surface area (Å²) in [5.41, 5.74) is 5.37. The maximum absolute atomic E-state index is 6.16. The molecule has 1 unspecified atom stereocenters. The van der Waals surface area contributed by atoms with Crippen LogP contribution in [0.15, 0.2) is 36.4 Å². The Labute approximate surface area is 244 Å². The number of rotatable bonds is 18. The van der Waals surface area contributed by atoms with Crippen LogP contribution >= 0.6 is 0 Å². The first kappa shape index (κ1) is 34.1. The van der Waals surface area contributed by atoms with Crippen LogP contribution in [0.1, 0.15) is 103 Å². The van der Waals surface area contributed by atoms with E-state index in [1.165, 1.54) is 41.5 Å². The molecule has 1 atom stereocenters. The van der Waals surface area contributed by atoms with Gasteiger partial charge in [-0.3, -0.25) is 0 Å². The molecule has 0 radical (unpaired) electrons. The van der Waals surface area contributed by atoms with Crippen molar-refractivity contribution in [2.24, 2.45) is 0 Å². The highest BCUT2D eigenvalue weighted by molar-refractivity contribution is 5.47. The zero-order valence-corrected chi connectivity index (χ0v) is 26.9. The molecule has 0 amide bonds. The van der Waals surface area contributed by atoms with E-state index < -0.39 is 0 Å². The SMILES string of the molecule is CCCC(CC)c1ccc(OCCOCCOCCOCCOc2cc(C)c(C(C)(C)C)cc2C(C)(C)C)cc1. The number of hydrogen-bond donors (Lipinski definition) is 0. The van der Waals surface area contributed by atoms with Gasteiger partial charge in [0, 0.05) is 0 Å². The van der Waals surface area contributed by atoms with E-state index in [0.29, 0.717) is 58.8 Å². The summed E-state index contributed by atoms with van der Waals surface area (Å²) in [5, 5.41) is 0. The summed E-state index contributed by atoms with van der Waals surface area (Å²) >= 11 is 0. The smallest absolute Gasteiger partial charge is 0.123 e. The molecule has 0 aromatic heterocycles. The molecule has 0 saturated carbocycles. The van der Waals surface area contributed by atoms with Gasteiger partial charge in [0.05, 0.1) is 39.6 Å². The van der Waals surface area contributed by atoms with E-state index in [2.05, 4.69) is 98.7 Å². The van der Waals surface area contributed by atoms with Crippen molar-refractivity contribution in [2.45, 2.75) is 98.3 Å². The lowest BCUT2D eigenvalue weighted by Crippen LogP contribution is -2.20. The average Bonchev–Trinajstić information content (AvgIpc) is 2.89. The second-order valence-corrected chi connectivity index (χ2v) is 12.7. The second-order valence-electron chi connectivity index (χ2n) is 12.7. The summed E-state index contributed by atoms with van der Waals surface area (Å²) in [7, 11) is 0. The minimum atomic E-state index is 0.00383. The molecule has 5 heteroatoms. The van der Waals surface area contributed by atoms with E-state index in [-0.39, 0.29) is 10.8 Å². The van der Waals surface area contributed by atoms with Crippen molar-refractivity contribution in [1.82, 2.24) is 0 Å². The van der Waals surface area contributed by atoms with Crippen LogP contribution in [0.5, 0.6) is 11.5 Å². The normalized spacial score (nSPS) is 12.9. The van der Waals surface area contributed by atoms with Crippen LogP contribution in [0.3, 0.4) is 0 Å². The van der Waals surface area contributed by atoms with Crippen LogP contribution < -0.4 is 9.47 Å². The third-order valence-electron chi connectivity index (χ3n) is 7.15. The van der Waals surface area contributed by atoms with Crippen LogP contribution in [0.2, 0.25) is 0 Å². The Morgan fingerprint density at radius 1 is 0.625 bits per heavy atom. The molecule has 5 nitrogen and oxygen atoms in total. The molecule has 2 aromatic rings. The van der Waals surface area contributed by atoms with Crippen LogP contribution in [0.25, 0.3) is 0 Å². The number of ether oxygens (including phenoxy) is 5. The Kier molecular flexibility index (Phi) is 14.5. The summed E-state index contributed by atoms with van der Waals surface area (Å²) in [6, 6.07) is 13.0. The fourth-order valence-electron chi connectivity index (χ4n) is 4.96. The standard InChI is InChI=1S/C35H56O5/c1-10-12-28(11-2)29-13-15-30(16-14-29)39-23-21-37-19-17-36-18-20-38-22-24-40-33-25-27(3)31(34(4,5)6)26-32(33)35(7,8)9/h13-16,25-26,28H,10-12,17-24H2,1-9H3. The van der Waals surface area contributed by atoms with Crippen molar-refractivity contribution < 1.29 is 23.7 Å². The Balaban J connectivity index is 1.55. The fraction of sp³-hybridized carbons (Fsp3) is 0.657. The predicted octanol–water partition coefficient (Wildman–Crippen LogP) is 8.39. The summed E-state index contributed by atoms with van der Waals surface area (Å²) in [6.07, 6.45) is 3.62. The first-order valence-electron chi connectivity index (χ1n) is 15.2. The molecule has 0 aliphatic carbocycles. The van der Waals surface area contributed by atoms with E-state index in [4.69, 9.17) is 23.7 Å². The van der Waals surface area contributed by atoms with Crippen LogP contribution in [0, 0.1) is 6.92 Å². The van der Waals surface area contributed by atoms with Crippen molar-refractivity contribution in [2.75, 3.05) is 52.9 Å². The minimum absolute atomic E-state index is 0.00383.